The highest BCUT2D eigenvalue weighted by molar-refractivity contribution is 6.33. The smallest absolute Gasteiger partial charge is 0.197 e. The summed E-state index contributed by atoms with van der Waals surface area (Å²) in [6.45, 7) is 2.59. The van der Waals surface area contributed by atoms with Crippen molar-refractivity contribution in [3.05, 3.63) is 63.7 Å². The van der Waals surface area contributed by atoms with Gasteiger partial charge in [-0.3, -0.25) is 4.79 Å². The summed E-state index contributed by atoms with van der Waals surface area (Å²) in [5, 5.41) is 0.713. The summed E-state index contributed by atoms with van der Waals surface area (Å²) in [6.07, 6.45) is 2.46. The van der Waals surface area contributed by atoms with Crippen LogP contribution in [-0.4, -0.2) is 11.6 Å². The summed E-state index contributed by atoms with van der Waals surface area (Å²) in [5.74, 6) is 0.199. The lowest BCUT2D eigenvalue weighted by atomic mass is 10.0. The van der Waals surface area contributed by atoms with E-state index < -0.39 is 5.82 Å². The van der Waals surface area contributed by atoms with E-state index in [0.717, 1.165) is 6.42 Å². The monoisotopic (exact) mass is 331 g/mol. The van der Waals surface area contributed by atoms with Gasteiger partial charge in [0.05, 0.1) is 17.1 Å². The minimum absolute atomic E-state index is 0.172. The molecule has 118 valence electrons. The molecule has 0 aliphatic carbocycles. The molecule has 0 amide bonds. The van der Waals surface area contributed by atoms with Gasteiger partial charge in [-0.05, 0) is 36.8 Å². The summed E-state index contributed by atoms with van der Waals surface area (Å²) in [6, 6.07) is 9.31. The predicted molar refractivity (Wildman–Crippen MR) is 90.8 cm³/mol. The van der Waals surface area contributed by atoms with Crippen molar-refractivity contribution in [2.24, 2.45) is 0 Å². The van der Waals surface area contributed by atoms with Gasteiger partial charge in [-0.1, -0.05) is 24.6 Å². The van der Waals surface area contributed by atoms with Crippen molar-refractivity contribution in [1.29, 1.82) is 0 Å². The molecule has 1 N–H and O–H groups in total. The third-order valence-electron chi connectivity index (χ3n) is 3.56. The van der Waals surface area contributed by atoms with Gasteiger partial charge >= 0.3 is 0 Å². The number of H-pyrrole nitrogens is 1. The number of fused-ring (bicyclic) bond motifs is 1. The molecule has 0 atom stereocenters. The van der Waals surface area contributed by atoms with Crippen molar-refractivity contribution >= 4 is 22.5 Å². The highest BCUT2D eigenvalue weighted by atomic mass is 35.5. The van der Waals surface area contributed by atoms with E-state index in [1.165, 1.54) is 18.2 Å². The number of nitrogens with one attached hydrogen (secondary N) is 1. The molecule has 0 spiro atoms. The molecule has 1 heterocycles. The molecule has 23 heavy (non-hydrogen) atoms. The van der Waals surface area contributed by atoms with Crippen LogP contribution in [0.5, 0.6) is 5.75 Å². The molecule has 1 aromatic heterocycles. The van der Waals surface area contributed by atoms with Gasteiger partial charge in [0.1, 0.15) is 11.6 Å². The van der Waals surface area contributed by atoms with E-state index in [1.54, 1.807) is 18.3 Å². The molecular formula is C18H15ClFNO2. The second kappa shape index (κ2) is 6.42. The Labute approximate surface area is 137 Å². The number of hydrogen-bond acceptors (Lipinski definition) is 2. The lowest BCUT2D eigenvalue weighted by molar-refractivity contribution is 0.320. The Balaban J connectivity index is 2.18. The van der Waals surface area contributed by atoms with Crippen LogP contribution >= 0.6 is 11.6 Å². The molecule has 2 aromatic carbocycles. The summed E-state index contributed by atoms with van der Waals surface area (Å²) in [7, 11) is 0. The topological polar surface area (TPSA) is 42.1 Å². The van der Waals surface area contributed by atoms with E-state index in [1.807, 2.05) is 13.0 Å². The number of halogens is 2. The molecular weight excluding hydrogens is 317 g/mol. The van der Waals surface area contributed by atoms with E-state index in [-0.39, 0.29) is 10.5 Å². The first-order valence-electron chi connectivity index (χ1n) is 7.34. The Morgan fingerprint density at radius 2 is 2.04 bits per heavy atom. The molecule has 0 bridgehead atoms. The molecule has 0 aliphatic heterocycles. The normalized spacial score (nSPS) is 10.9. The number of hydrogen-bond donors (Lipinski definition) is 1. The lowest BCUT2D eigenvalue weighted by Crippen LogP contribution is -2.08. The maximum absolute atomic E-state index is 13.2. The second-order valence-corrected chi connectivity index (χ2v) is 5.59. The van der Waals surface area contributed by atoms with Crippen LogP contribution < -0.4 is 10.2 Å². The van der Waals surface area contributed by atoms with Crippen LogP contribution in [0.3, 0.4) is 0 Å². The SMILES string of the molecule is CCCOc1cccc2c(=O)c(-c3ccc(F)cc3Cl)c[nH]c12. The van der Waals surface area contributed by atoms with Gasteiger partial charge < -0.3 is 9.72 Å². The van der Waals surface area contributed by atoms with Gasteiger partial charge in [0, 0.05) is 22.7 Å². The van der Waals surface area contributed by atoms with Gasteiger partial charge in [-0.15, -0.1) is 0 Å². The maximum atomic E-state index is 13.2. The van der Waals surface area contributed by atoms with Crippen molar-refractivity contribution in [1.82, 2.24) is 4.98 Å². The first kappa shape index (κ1) is 15.6. The Kier molecular flexibility index (Phi) is 4.35. The number of para-hydroxylation sites is 1. The largest absolute Gasteiger partial charge is 0.491 e. The molecule has 3 nitrogen and oxygen atoms in total. The number of pyridine rings is 1. The van der Waals surface area contributed by atoms with Gasteiger partial charge in [-0.25, -0.2) is 4.39 Å². The number of rotatable bonds is 4. The standard InChI is InChI=1S/C18H15ClFNO2/c1-2-8-23-16-5-3-4-13-17(16)21-10-14(18(13)22)12-7-6-11(20)9-15(12)19/h3-7,9-10H,2,8H2,1H3,(H,21,22). The van der Waals surface area contributed by atoms with E-state index in [0.29, 0.717) is 34.4 Å². The minimum Gasteiger partial charge on any atom is -0.491 e. The zero-order valence-corrected chi connectivity index (χ0v) is 13.3. The van der Waals surface area contributed by atoms with Crippen LogP contribution in [-0.2, 0) is 0 Å². The third-order valence-corrected chi connectivity index (χ3v) is 3.87. The Hall–Kier alpha value is -2.33. The molecule has 0 fully saturated rings. The van der Waals surface area contributed by atoms with Gasteiger partial charge in [0.15, 0.2) is 5.43 Å². The summed E-state index contributed by atoms with van der Waals surface area (Å²) in [5.41, 5.74) is 1.37. The van der Waals surface area contributed by atoms with E-state index in [4.69, 9.17) is 16.3 Å². The predicted octanol–water partition coefficient (Wildman–Crippen LogP) is 4.78. The quantitative estimate of drug-likeness (QED) is 0.747. The average Bonchev–Trinajstić information content (AvgIpc) is 2.54. The molecule has 0 aliphatic rings. The zero-order valence-electron chi connectivity index (χ0n) is 12.5. The molecule has 0 radical (unpaired) electrons. The van der Waals surface area contributed by atoms with Crippen LogP contribution in [0.15, 0.2) is 47.4 Å². The van der Waals surface area contributed by atoms with Gasteiger partial charge in [-0.2, -0.15) is 0 Å². The molecule has 3 aromatic rings. The molecule has 0 saturated heterocycles. The number of benzene rings is 2. The van der Waals surface area contributed by atoms with E-state index in [2.05, 4.69) is 4.98 Å². The Morgan fingerprint density at radius 1 is 1.22 bits per heavy atom. The number of aromatic amines is 1. The van der Waals surface area contributed by atoms with Crippen LogP contribution in [0, 0.1) is 5.82 Å². The first-order chi connectivity index (χ1) is 11.1. The highest BCUT2D eigenvalue weighted by Gasteiger charge is 2.13. The van der Waals surface area contributed by atoms with Gasteiger partial charge in [0.2, 0.25) is 0 Å². The minimum atomic E-state index is -0.439. The molecule has 3 rings (SSSR count). The van der Waals surface area contributed by atoms with Crippen molar-refractivity contribution in [3.8, 4) is 16.9 Å². The van der Waals surface area contributed by atoms with Crippen LogP contribution in [0.25, 0.3) is 22.0 Å². The van der Waals surface area contributed by atoms with Crippen LogP contribution in [0.1, 0.15) is 13.3 Å². The number of ether oxygens (including phenoxy) is 1. The molecule has 0 unspecified atom stereocenters. The maximum Gasteiger partial charge on any atom is 0.197 e. The summed E-state index contributed by atoms with van der Waals surface area (Å²) in [4.78, 5) is 15.9. The summed E-state index contributed by atoms with van der Waals surface area (Å²) >= 11 is 6.07. The molecule has 5 heteroatoms. The lowest BCUT2D eigenvalue weighted by Gasteiger charge is -2.10. The third kappa shape index (κ3) is 2.94. The van der Waals surface area contributed by atoms with Crippen molar-refractivity contribution in [2.75, 3.05) is 6.61 Å². The zero-order chi connectivity index (χ0) is 16.4. The van der Waals surface area contributed by atoms with Crippen LogP contribution in [0.2, 0.25) is 5.02 Å². The van der Waals surface area contributed by atoms with Crippen molar-refractivity contribution in [2.45, 2.75) is 13.3 Å². The fourth-order valence-electron chi connectivity index (χ4n) is 2.46. The fourth-order valence-corrected chi connectivity index (χ4v) is 2.73. The van der Waals surface area contributed by atoms with Crippen LogP contribution in [0.4, 0.5) is 4.39 Å². The highest BCUT2D eigenvalue weighted by Crippen LogP contribution is 2.28. The first-order valence-corrected chi connectivity index (χ1v) is 7.72. The van der Waals surface area contributed by atoms with Crippen molar-refractivity contribution < 1.29 is 9.13 Å². The Bertz CT molecular complexity index is 921. The average molecular weight is 332 g/mol. The number of aromatic nitrogens is 1. The van der Waals surface area contributed by atoms with Crippen molar-refractivity contribution in [3.63, 3.8) is 0 Å². The van der Waals surface area contributed by atoms with E-state index >= 15 is 0 Å². The second-order valence-electron chi connectivity index (χ2n) is 5.18. The fraction of sp³-hybridized carbons (Fsp3) is 0.167. The van der Waals surface area contributed by atoms with Gasteiger partial charge in [0.25, 0.3) is 0 Å². The Morgan fingerprint density at radius 3 is 2.78 bits per heavy atom. The molecule has 0 saturated carbocycles. The van der Waals surface area contributed by atoms with E-state index in [9.17, 15) is 9.18 Å². The summed E-state index contributed by atoms with van der Waals surface area (Å²) < 4.78 is 18.9.